The van der Waals surface area contributed by atoms with Crippen LogP contribution in [0.1, 0.15) is 26.2 Å². The normalized spacial score (nSPS) is 26.1. The lowest BCUT2D eigenvalue weighted by molar-refractivity contribution is 0.0277. The zero-order chi connectivity index (χ0) is 11.5. The fourth-order valence-electron chi connectivity index (χ4n) is 1.83. The van der Waals surface area contributed by atoms with Crippen LogP contribution in [0.15, 0.2) is 4.42 Å². The maximum Gasteiger partial charge on any atom is 0.318 e. The summed E-state index contributed by atoms with van der Waals surface area (Å²) in [4.78, 5) is 2.11. The van der Waals surface area contributed by atoms with E-state index in [-0.39, 0.29) is 12.0 Å². The zero-order valence-corrected chi connectivity index (χ0v) is 10.3. The molecule has 0 saturated carbocycles. The van der Waals surface area contributed by atoms with E-state index < -0.39 is 0 Å². The first-order chi connectivity index (χ1) is 7.74. The molecule has 0 spiro atoms. The van der Waals surface area contributed by atoms with Gasteiger partial charge in [-0.05, 0) is 13.3 Å². The van der Waals surface area contributed by atoms with Gasteiger partial charge in [0.25, 0.3) is 0 Å². The Hall–Kier alpha value is -0.810. The summed E-state index contributed by atoms with van der Waals surface area (Å²) < 4.78 is 11.1. The highest BCUT2D eigenvalue weighted by atomic mass is 35.5. The average molecular weight is 246 g/mol. The highest BCUT2D eigenvalue weighted by Gasteiger charge is 2.29. The Bertz CT molecular complexity index is 345. The highest BCUT2D eigenvalue weighted by Crippen LogP contribution is 2.22. The minimum atomic E-state index is 0.189. The van der Waals surface area contributed by atoms with Gasteiger partial charge in [0.2, 0.25) is 5.89 Å². The van der Waals surface area contributed by atoms with Gasteiger partial charge in [-0.1, -0.05) is 12.0 Å². The SMILES string of the molecule is CCC1COC(C)CN1c1nnc(CCl)o1. The molecule has 5 nitrogen and oxygen atoms in total. The smallest absolute Gasteiger partial charge is 0.318 e. The number of hydrogen-bond acceptors (Lipinski definition) is 5. The van der Waals surface area contributed by atoms with Crippen LogP contribution >= 0.6 is 11.6 Å². The molecule has 1 aromatic heterocycles. The van der Waals surface area contributed by atoms with E-state index in [2.05, 4.69) is 22.0 Å². The molecule has 1 saturated heterocycles. The number of alkyl halides is 1. The molecule has 1 aliphatic heterocycles. The van der Waals surface area contributed by atoms with Crippen molar-refractivity contribution in [2.75, 3.05) is 18.1 Å². The van der Waals surface area contributed by atoms with Crippen LogP contribution < -0.4 is 4.90 Å². The lowest BCUT2D eigenvalue weighted by atomic mass is 10.1. The fraction of sp³-hybridized carbons (Fsp3) is 0.800. The molecule has 2 unspecified atom stereocenters. The summed E-state index contributed by atoms with van der Waals surface area (Å²) in [5.41, 5.74) is 0. The molecule has 90 valence electrons. The molecule has 0 aliphatic carbocycles. The Morgan fingerprint density at radius 2 is 2.31 bits per heavy atom. The van der Waals surface area contributed by atoms with Gasteiger partial charge >= 0.3 is 6.01 Å². The molecule has 2 heterocycles. The van der Waals surface area contributed by atoms with Gasteiger partial charge in [0.05, 0.1) is 18.8 Å². The van der Waals surface area contributed by atoms with Crippen LogP contribution in [-0.4, -0.2) is 35.5 Å². The maximum atomic E-state index is 5.64. The number of halogens is 1. The second kappa shape index (κ2) is 5.01. The largest absolute Gasteiger partial charge is 0.407 e. The van der Waals surface area contributed by atoms with Crippen LogP contribution in [0.2, 0.25) is 0 Å². The first-order valence-corrected chi connectivity index (χ1v) is 6.04. The van der Waals surface area contributed by atoms with Crippen LogP contribution in [-0.2, 0) is 10.6 Å². The number of ether oxygens (including phenoxy) is 1. The third-order valence-electron chi connectivity index (χ3n) is 2.76. The number of aromatic nitrogens is 2. The van der Waals surface area contributed by atoms with Gasteiger partial charge < -0.3 is 14.1 Å². The van der Waals surface area contributed by atoms with Crippen molar-refractivity contribution < 1.29 is 9.15 Å². The van der Waals surface area contributed by atoms with Crippen LogP contribution in [0, 0.1) is 0 Å². The van der Waals surface area contributed by atoms with E-state index in [9.17, 15) is 0 Å². The summed E-state index contributed by atoms with van der Waals surface area (Å²) >= 11 is 5.64. The van der Waals surface area contributed by atoms with Crippen LogP contribution in [0.3, 0.4) is 0 Å². The Morgan fingerprint density at radius 3 is 2.94 bits per heavy atom. The Morgan fingerprint density at radius 1 is 1.50 bits per heavy atom. The van der Waals surface area contributed by atoms with Crippen molar-refractivity contribution >= 4 is 17.6 Å². The van der Waals surface area contributed by atoms with Gasteiger partial charge in [-0.3, -0.25) is 0 Å². The third-order valence-corrected chi connectivity index (χ3v) is 2.98. The van der Waals surface area contributed by atoms with Crippen molar-refractivity contribution in [3.8, 4) is 0 Å². The van der Waals surface area contributed by atoms with Crippen LogP contribution in [0.5, 0.6) is 0 Å². The van der Waals surface area contributed by atoms with E-state index in [1.165, 1.54) is 0 Å². The minimum absolute atomic E-state index is 0.189. The van der Waals surface area contributed by atoms with Crippen molar-refractivity contribution in [3.05, 3.63) is 5.89 Å². The molecule has 1 aromatic rings. The molecule has 16 heavy (non-hydrogen) atoms. The van der Waals surface area contributed by atoms with Crippen LogP contribution in [0.4, 0.5) is 6.01 Å². The zero-order valence-electron chi connectivity index (χ0n) is 9.52. The average Bonchev–Trinajstić information content (AvgIpc) is 2.77. The summed E-state index contributed by atoms with van der Waals surface area (Å²) in [7, 11) is 0. The quantitative estimate of drug-likeness (QED) is 0.761. The van der Waals surface area contributed by atoms with Gasteiger partial charge in [0, 0.05) is 6.54 Å². The molecule has 6 heteroatoms. The molecular formula is C10H16ClN3O2. The monoisotopic (exact) mass is 245 g/mol. The number of morpholine rings is 1. The van der Waals surface area contributed by atoms with Crippen molar-refractivity contribution in [2.45, 2.75) is 38.3 Å². The number of nitrogens with zero attached hydrogens (tertiary/aromatic N) is 3. The van der Waals surface area contributed by atoms with Crippen molar-refractivity contribution in [3.63, 3.8) is 0 Å². The molecule has 1 aliphatic rings. The van der Waals surface area contributed by atoms with Crippen LogP contribution in [0.25, 0.3) is 0 Å². The van der Waals surface area contributed by atoms with E-state index in [1.54, 1.807) is 0 Å². The second-order valence-electron chi connectivity index (χ2n) is 3.97. The van der Waals surface area contributed by atoms with Gasteiger partial charge in [-0.25, -0.2) is 0 Å². The number of rotatable bonds is 3. The number of hydrogen-bond donors (Lipinski definition) is 0. The first-order valence-electron chi connectivity index (χ1n) is 5.51. The van der Waals surface area contributed by atoms with Gasteiger partial charge in [0.15, 0.2) is 0 Å². The third kappa shape index (κ3) is 2.30. The van der Waals surface area contributed by atoms with E-state index >= 15 is 0 Å². The number of anilines is 1. The summed E-state index contributed by atoms with van der Waals surface area (Å²) in [6.07, 6.45) is 1.18. The molecule has 0 amide bonds. The van der Waals surface area contributed by atoms with E-state index in [1.807, 2.05) is 6.92 Å². The Labute approximate surface area is 99.7 Å². The molecule has 1 fully saturated rings. The van der Waals surface area contributed by atoms with E-state index in [0.29, 0.717) is 24.6 Å². The molecule has 2 rings (SSSR count). The first kappa shape index (κ1) is 11.7. The summed E-state index contributed by atoms with van der Waals surface area (Å²) in [5.74, 6) is 0.717. The van der Waals surface area contributed by atoms with Crippen molar-refractivity contribution in [1.82, 2.24) is 10.2 Å². The van der Waals surface area contributed by atoms with Gasteiger partial charge in [0.1, 0.15) is 5.88 Å². The van der Waals surface area contributed by atoms with Gasteiger partial charge in [-0.2, -0.15) is 0 Å². The summed E-state index contributed by atoms with van der Waals surface area (Å²) in [5, 5.41) is 7.89. The standard InChI is InChI=1S/C10H16ClN3O2/c1-3-8-6-15-7(2)5-14(8)10-13-12-9(4-11)16-10/h7-8H,3-6H2,1-2H3. The maximum absolute atomic E-state index is 5.64. The predicted octanol–water partition coefficient (Wildman–Crippen LogP) is 1.81. The van der Waals surface area contributed by atoms with E-state index in [0.717, 1.165) is 13.0 Å². The van der Waals surface area contributed by atoms with Crippen molar-refractivity contribution in [2.24, 2.45) is 0 Å². The Kier molecular flexibility index (Phi) is 3.66. The minimum Gasteiger partial charge on any atom is -0.407 e. The summed E-state index contributed by atoms with van der Waals surface area (Å²) in [6, 6.07) is 0.859. The lowest BCUT2D eigenvalue weighted by Crippen LogP contribution is -2.48. The molecule has 2 atom stereocenters. The van der Waals surface area contributed by atoms with Crippen molar-refractivity contribution in [1.29, 1.82) is 0 Å². The van der Waals surface area contributed by atoms with E-state index in [4.69, 9.17) is 20.8 Å². The lowest BCUT2D eigenvalue weighted by Gasteiger charge is -2.36. The summed E-state index contributed by atoms with van der Waals surface area (Å²) in [6.45, 7) is 5.65. The molecule has 0 aromatic carbocycles. The Balaban J connectivity index is 2.15. The highest BCUT2D eigenvalue weighted by molar-refractivity contribution is 6.16. The molecular weight excluding hydrogens is 230 g/mol. The van der Waals surface area contributed by atoms with Gasteiger partial charge in [-0.15, -0.1) is 16.7 Å². The topological polar surface area (TPSA) is 51.4 Å². The second-order valence-corrected chi connectivity index (χ2v) is 4.24. The molecule has 0 radical (unpaired) electrons. The molecule has 0 N–H and O–H groups in total. The molecule has 0 bridgehead atoms. The fourth-order valence-corrected chi connectivity index (χ4v) is 1.94. The predicted molar refractivity (Wildman–Crippen MR) is 60.7 cm³/mol.